The topological polar surface area (TPSA) is 38.3 Å². The second kappa shape index (κ2) is 6.93. The molecule has 2 aromatic carbocycles. The van der Waals surface area contributed by atoms with E-state index in [0.717, 1.165) is 22.6 Å². The summed E-state index contributed by atoms with van der Waals surface area (Å²) in [6.45, 7) is 5.89. The van der Waals surface area contributed by atoms with Gasteiger partial charge in [-0.3, -0.25) is 4.79 Å². The smallest absolute Gasteiger partial charge is 0.265 e. The van der Waals surface area contributed by atoms with Crippen molar-refractivity contribution in [3.05, 3.63) is 59.7 Å². The highest BCUT2D eigenvalue weighted by molar-refractivity contribution is 5.95. The van der Waals surface area contributed by atoms with Gasteiger partial charge >= 0.3 is 0 Å². The third kappa shape index (κ3) is 3.85. The quantitative estimate of drug-likeness (QED) is 0.897. The lowest BCUT2D eigenvalue weighted by molar-refractivity contribution is -0.122. The van der Waals surface area contributed by atoms with E-state index >= 15 is 0 Å². The minimum atomic E-state index is -0.495. The number of nitrogens with one attached hydrogen (secondary N) is 1. The van der Waals surface area contributed by atoms with Gasteiger partial charge in [-0.1, -0.05) is 43.3 Å². The molecule has 110 valence electrons. The van der Waals surface area contributed by atoms with Crippen molar-refractivity contribution in [3.8, 4) is 5.75 Å². The molecular formula is C18H21NO2. The lowest BCUT2D eigenvalue weighted by atomic mass is 10.1. The molecule has 21 heavy (non-hydrogen) atoms. The van der Waals surface area contributed by atoms with Crippen molar-refractivity contribution < 1.29 is 9.53 Å². The normalized spacial score (nSPS) is 11.8. The molecule has 1 atom stereocenters. The number of hydrogen-bond acceptors (Lipinski definition) is 2. The zero-order chi connectivity index (χ0) is 15.2. The number of amides is 1. The fourth-order valence-corrected chi connectivity index (χ4v) is 2.09. The van der Waals surface area contributed by atoms with Crippen LogP contribution in [0.3, 0.4) is 0 Å². The number of carbonyl (C=O) groups is 1. The molecule has 0 aromatic heterocycles. The Morgan fingerprint density at radius 1 is 1.05 bits per heavy atom. The highest BCUT2D eigenvalue weighted by Crippen LogP contribution is 2.20. The van der Waals surface area contributed by atoms with Crippen molar-refractivity contribution in [3.63, 3.8) is 0 Å². The first kappa shape index (κ1) is 15.1. The van der Waals surface area contributed by atoms with Crippen LogP contribution in [-0.4, -0.2) is 12.0 Å². The molecule has 0 bridgehead atoms. The van der Waals surface area contributed by atoms with Crippen LogP contribution in [0.1, 0.15) is 24.5 Å². The summed E-state index contributed by atoms with van der Waals surface area (Å²) in [5.41, 5.74) is 2.89. The van der Waals surface area contributed by atoms with Crippen LogP contribution in [0.2, 0.25) is 0 Å². The van der Waals surface area contributed by atoms with Crippen molar-refractivity contribution >= 4 is 11.6 Å². The monoisotopic (exact) mass is 283 g/mol. The molecule has 0 spiro atoms. The number of benzene rings is 2. The molecule has 1 amide bonds. The van der Waals surface area contributed by atoms with Crippen LogP contribution in [0.15, 0.2) is 48.5 Å². The van der Waals surface area contributed by atoms with Crippen LogP contribution < -0.4 is 10.1 Å². The maximum absolute atomic E-state index is 12.4. The Labute approximate surface area is 126 Å². The number of ether oxygens (including phenoxy) is 1. The number of anilines is 1. The van der Waals surface area contributed by atoms with Gasteiger partial charge in [-0.15, -0.1) is 0 Å². The van der Waals surface area contributed by atoms with Crippen molar-refractivity contribution in [2.75, 3.05) is 5.32 Å². The summed E-state index contributed by atoms with van der Waals surface area (Å²) in [4.78, 5) is 12.4. The van der Waals surface area contributed by atoms with Gasteiger partial charge in [0.2, 0.25) is 0 Å². The van der Waals surface area contributed by atoms with Crippen LogP contribution in [0.4, 0.5) is 5.69 Å². The molecule has 1 N–H and O–H groups in total. The molecule has 0 saturated heterocycles. The van der Waals surface area contributed by atoms with E-state index in [4.69, 9.17) is 4.74 Å². The van der Waals surface area contributed by atoms with E-state index in [2.05, 4.69) is 5.32 Å². The molecule has 0 saturated carbocycles. The molecule has 0 radical (unpaired) electrons. The maximum Gasteiger partial charge on any atom is 0.265 e. The lowest BCUT2D eigenvalue weighted by Gasteiger charge is -2.19. The fourth-order valence-electron chi connectivity index (χ4n) is 2.09. The largest absolute Gasteiger partial charge is 0.480 e. The fraction of sp³-hybridized carbons (Fsp3) is 0.278. The summed E-state index contributed by atoms with van der Waals surface area (Å²) in [5, 5.41) is 2.94. The molecule has 0 fully saturated rings. The summed E-state index contributed by atoms with van der Waals surface area (Å²) in [7, 11) is 0. The SMILES string of the molecule is CC[C@H](Oc1ccccc1C)C(=O)Nc1ccccc1C. The summed E-state index contributed by atoms with van der Waals surface area (Å²) >= 11 is 0. The molecule has 0 aliphatic heterocycles. The Balaban J connectivity index is 2.09. The number of aryl methyl sites for hydroxylation is 2. The number of hydrogen-bond donors (Lipinski definition) is 1. The van der Waals surface area contributed by atoms with Gasteiger partial charge in [0.05, 0.1) is 0 Å². The van der Waals surface area contributed by atoms with Crippen molar-refractivity contribution in [1.82, 2.24) is 0 Å². The summed E-state index contributed by atoms with van der Waals surface area (Å²) < 4.78 is 5.86. The molecular weight excluding hydrogens is 262 g/mol. The Morgan fingerprint density at radius 3 is 2.29 bits per heavy atom. The van der Waals surface area contributed by atoms with E-state index in [1.807, 2.05) is 69.3 Å². The van der Waals surface area contributed by atoms with Gasteiger partial charge in [-0.05, 0) is 43.5 Å². The predicted octanol–water partition coefficient (Wildman–Crippen LogP) is 4.10. The van der Waals surface area contributed by atoms with E-state index in [9.17, 15) is 4.79 Å². The first-order valence-electron chi connectivity index (χ1n) is 7.20. The van der Waals surface area contributed by atoms with Crippen LogP contribution in [0.5, 0.6) is 5.75 Å². The first-order chi connectivity index (χ1) is 10.1. The number of para-hydroxylation sites is 2. The highest BCUT2D eigenvalue weighted by atomic mass is 16.5. The average Bonchev–Trinajstić information content (AvgIpc) is 2.48. The Morgan fingerprint density at radius 2 is 1.67 bits per heavy atom. The minimum Gasteiger partial charge on any atom is -0.480 e. The highest BCUT2D eigenvalue weighted by Gasteiger charge is 2.19. The van der Waals surface area contributed by atoms with E-state index in [-0.39, 0.29) is 5.91 Å². The molecule has 0 unspecified atom stereocenters. The standard InChI is InChI=1S/C18H21NO2/c1-4-16(21-17-12-8-6-10-14(17)3)18(20)19-15-11-7-5-9-13(15)2/h5-12,16H,4H2,1-3H3,(H,19,20)/t16-/m0/s1. The Hall–Kier alpha value is -2.29. The van der Waals surface area contributed by atoms with E-state index < -0.39 is 6.10 Å². The van der Waals surface area contributed by atoms with Gasteiger partial charge in [-0.25, -0.2) is 0 Å². The van der Waals surface area contributed by atoms with Crippen LogP contribution in [0.25, 0.3) is 0 Å². The molecule has 3 nitrogen and oxygen atoms in total. The van der Waals surface area contributed by atoms with Gasteiger partial charge in [0.1, 0.15) is 5.75 Å². The zero-order valence-electron chi connectivity index (χ0n) is 12.7. The van der Waals surface area contributed by atoms with Crippen LogP contribution in [-0.2, 0) is 4.79 Å². The predicted molar refractivity (Wildman–Crippen MR) is 85.7 cm³/mol. The molecule has 3 heteroatoms. The Bertz CT molecular complexity index is 622. The van der Waals surface area contributed by atoms with Crippen molar-refractivity contribution in [2.45, 2.75) is 33.3 Å². The minimum absolute atomic E-state index is 0.116. The van der Waals surface area contributed by atoms with Gasteiger partial charge < -0.3 is 10.1 Å². The van der Waals surface area contributed by atoms with Gasteiger partial charge in [0, 0.05) is 5.69 Å². The molecule has 0 aliphatic carbocycles. The van der Waals surface area contributed by atoms with E-state index in [1.165, 1.54) is 0 Å². The second-order valence-electron chi connectivity index (χ2n) is 5.08. The molecule has 2 aromatic rings. The van der Waals surface area contributed by atoms with Crippen molar-refractivity contribution in [2.24, 2.45) is 0 Å². The molecule has 0 aliphatic rings. The molecule has 0 heterocycles. The average molecular weight is 283 g/mol. The number of rotatable bonds is 5. The third-order valence-electron chi connectivity index (χ3n) is 3.43. The van der Waals surface area contributed by atoms with Crippen LogP contribution in [0, 0.1) is 13.8 Å². The van der Waals surface area contributed by atoms with E-state index in [1.54, 1.807) is 0 Å². The summed E-state index contributed by atoms with van der Waals surface area (Å²) in [6, 6.07) is 15.5. The van der Waals surface area contributed by atoms with E-state index in [0.29, 0.717) is 6.42 Å². The maximum atomic E-state index is 12.4. The second-order valence-corrected chi connectivity index (χ2v) is 5.08. The molecule has 2 rings (SSSR count). The summed E-state index contributed by atoms with van der Waals surface area (Å²) in [5.74, 6) is 0.638. The Kier molecular flexibility index (Phi) is 4.99. The summed E-state index contributed by atoms with van der Waals surface area (Å²) in [6.07, 6.45) is 0.122. The van der Waals surface area contributed by atoms with Gasteiger partial charge in [0.25, 0.3) is 5.91 Å². The van der Waals surface area contributed by atoms with Gasteiger partial charge in [0.15, 0.2) is 6.10 Å². The van der Waals surface area contributed by atoms with Crippen molar-refractivity contribution in [1.29, 1.82) is 0 Å². The van der Waals surface area contributed by atoms with Crippen LogP contribution >= 0.6 is 0 Å². The number of carbonyl (C=O) groups excluding carboxylic acids is 1. The zero-order valence-corrected chi connectivity index (χ0v) is 12.7. The third-order valence-corrected chi connectivity index (χ3v) is 3.43. The first-order valence-corrected chi connectivity index (χ1v) is 7.20. The van der Waals surface area contributed by atoms with Gasteiger partial charge in [-0.2, -0.15) is 0 Å². The lowest BCUT2D eigenvalue weighted by Crippen LogP contribution is -2.32.